The third kappa shape index (κ3) is 40.3. The molecule has 11 nitrogen and oxygen atoms in total. The summed E-state index contributed by atoms with van der Waals surface area (Å²) >= 11 is 0. The number of carbonyl (C=O) groups is 3. The number of carboxylic acid groups (broad SMARTS) is 1. The Morgan fingerprint density at radius 3 is 1.47 bits per heavy atom. The smallest absolute Gasteiger partial charge is 0.472 e. The first-order valence-corrected chi connectivity index (χ1v) is 24.0. The second-order valence-corrected chi connectivity index (χ2v) is 16.6. The van der Waals surface area contributed by atoms with E-state index in [-0.39, 0.29) is 19.4 Å². The number of ether oxygens (including phenoxy) is 2. The number of carbonyl (C=O) groups excluding carboxylic acids is 2. The van der Waals surface area contributed by atoms with E-state index in [1.807, 2.05) is 0 Å². The number of carboxylic acids is 1. The fourth-order valence-electron chi connectivity index (χ4n) is 6.14. The molecule has 57 heavy (non-hydrogen) atoms. The fraction of sp³-hybridized carbons (Fsp3) is 0.800. The van der Waals surface area contributed by atoms with Crippen LogP contribution in [0.2, 0.25) is 0 Å². The molecule has 0 aliphatic carbocycles. The maximum Gasteiger partial charge on any atom is 0.472 e. The number of esters is 2. The Morgan fingerprint density at radius 1 is 0.561 bits per heavy atom. The van der Waals surface area contributed by atoms with Crippen LogP contribution in [0.5, 0.6) is 0 Å². The lowest BCUT2D eigenvalue weighted by Crippen LogP contribution is -2.34. The number of unbranched alkanes of at least 4 members (excludes halogenated alkanes) is 22. The highest BCUT2D eigenvalue weighted by Gasteiger charge is 2.28. The van der Waals surface area contributed by atoms with Gasteiger partial charge < -0.3 is 25.2 Å². The molecule has 0 saturated heterocycles. The topological polar surface area (TPSA) is 172 Å². The van der Waals surface area contributed by atoms with Gasteiger partial charge in [0.1, 0.15) is 12.6 Å². The van der Waals surface area contributed by atoms with Crippen LogP contribution in [0.25, 0.3) is 0 Å². The van der Waals surface area contributed by atoms with E-state index in [4.69, 9.17) is 24.8 Å². The number of aliphatic carboxylic acids is 1. The van der Waals surface area contributed by atoms with Gasteiger partial charge in [-0.1, -0.05) is 179 Å². The molecule has 0 saturated carbocycles. The Hall–Kier alpha value is -2.30. The van der Waals surface area contributed by atoms with Crippen molar-refractivity contribution in [2.24, 2.45) is 5.73 Å². The quantitative estimate of drug-likeness (QED) is 0.0231. The lowest BCUT2D eigenvalue weighted by Gasteiger charge is -2.20. The van der Waals surface area contributed by atoms with Gasteiger partial charge >= 0.3 is 25.7 Å². The van der Waals surface area contributed by atoms with Crippen molar-refractivity contribution in [2.75, 3.05) is 19.8 Å². The van der Waals surface area contributed by atoms with Crippen molar-refractivity contribution < 1.29 is 47.5 Å². The SMILES string of the molecule is CC/C=C/C/C=C/C/C=C/CCCCCCCC(=O)O[C@H](COC(=O)CCCCCCCCCCCCCCCCCCCC)COP(=O)(O)OC[C@H](N)C(=O)O. The first-order valence-electron chi connectivity index (χ1n) is 22.5. The van der Waals surface area contributed by atoms with Crippen molar-refractivity contribution in [1.29, 1.82) is 0 Å². The lowest BCUT2D eigenvalue weighted by atomic mass is 10.0. The van der Waals surface area contributed by atoms with Crippen LogP contribution in [0.4, 0.5) is 0 Å². The summed E-state index contributed by atoms with van der Waals surface area (Å²) in [5, 5.41) is 8.89. The van der Waals surface area contributed by atoms with Crippen LogP contribution in [0.1, 0.15) is 200 Å². The first kappa shape index (κ1) is 54.7. The van der Waals surface area contributed by atoms with E-state index in [0.717, 1.165) is 70.6 Å². The van der Waals surface area contributed by atoms with Crippen LogP contribution in [-0.2, 0) is 37.5 Å². The second kappa shape index (κ2) is 40.5. The monoisotopic (exact) mass is 828 g/mol. The zero-order chi connectivity index (χ0) is 42.1. The normalized spacial score (nSPS) is 14.0. The van der Waals surface area contributed by atoms with Crippen molar-refractivity contribution in [3.05, 3.63) is 36.5 Å². The Balaban J connectivity index is 4.32. The van der Waals surface area contributed by atoms with Crippen molar-refractivity contribution in [3.63, 3.8) is 0 Å². The maximum absolute atomic E-state index is 12.6. The summed E-state index contributed by atoms with van der Waals surface area (Å²) < 4.78 is 32.7. The zero-order valence-electron chi connectivity index (χ0n) is 35.9. The van der Waals surface area contributed by atoms with E-state index in [2.05, 4.69) is 54.8 Å². The Morgan fingerprint density at radius 2 is 0.982 bits per heavy atom. The highest BCUT2D eigenvalue weighted by atomic mass is 31.2. The third-order valence-electron chi connectivity index (χ3n) is 9.65. The number of allylic oxidation sites excluding steroid dienone is 6. The molecule has 1 unspecified atom stereocenters. The number of hydrogen-bond donors (Lipinski definition) is 3. The average Bonchev–Trinajstić information content (AvgIpc) is 3.19. The number of phosphoric acid groups is 1. The van der Waals surface area contributed by atoms with Gasteiger partial charge in [0.25, 0.3) is 0 Å². The summed E-state index contributed by atoms with van der Waals surface area (Å²) in [6.07, 6.45) is 43.5. The molecular weight excluding hydrogens is 745 g/mol. The van der Waals surface area contributed by atoms with Crippen molar-refractivity contribution in [3.8, 4) is 0 Å². The molecule has 0 aromatic carbocycles. The van der Waals surface area contributed by atoms with E-state index >= 15 is 0 Å². The fourth-order valence-corrected chi connectivity index (χ4v) is 6.92. The summed E-state index contributed by atoms with van der Waals surface area (Å²) in [7, 11) is -4.72. The molecule has 3 atom stereocenters. The molecule has 0 heterocycles. The summed E-state index contributed by atoms with van der Waals surface area (Å²) in [4.78, 5) is 46.0. The predicted octanol–water partition coefficient (Wildman–Crippen LogP) is 12.0. The maximum atomic E-state index is 12.6. The van der Waals surface area contributed by atoms with Crippen molar-refractivity contribution in [2.45, 2.75) is 212 Å². The molecule has 0 aliphatic rings. The van der Waals surface area contributed by atoms with Gasteiger partial charge in [0.2, 0.25) is 0 Å². The van der Waals surface area contributed by atoms with Crippen molar-refractivity contribution >= 4 is 25.7 Å². The molecule has 0 rings (SSSR count). The Bertz CT molecular complexity index is 1110. The summed E-state index contributed by atoms with van der Waals surface area (Å²) in [6, 6.07) is -1.52. The van der Waals surface area contributed by atoms with Gasteiger partial charge in [-0.2, -0.15) is 0 Å². The highest BCUT2D eigenvalue weighted by molar-refractivity contribution is 7.47. The van der Waals surface area contributed by atoms with E-state index in [1.165, 1.54) is 89.9 Å². The number of hydrogen-bond acceptors (Lipinski definition) is 9. The number of nitrogens with two attached hydrogens (primary N) is 1. The Labute approximate surface area is 346 Å². The molecular formula is C45H82NO10P. The number of phosphoric ester groups is 1. The molecule has 0 amide bonds. The van der Waals surface area contributed by atoms with E-state index in [1.54, 1.807) is 0 Å². The van der Waals surface area contributed by atoms with Gasteiger partial charge in [-0.3, -0.25) is 23.4 Å². The van der Waals surface area contributed by atoms with Gasteiger partial charge in [0, 0.05) is 12.8 Å². The molecule has 0 spiro atoms. The van der Waals surface area contributed by atoms with Crippen LogP contribution < -0.4 is 5.73 Å². The zero-order valence-corrected chi connectivity index (χ0v) is 36.8. The molecule has 4 N–H and O–H groups in total. The van der Waals surface area contributed by atoms with Gasteiger partial charge in [-0.15, -0.1) is 0 Å². The molecule has 12 heteroatoms. The summed E-state index contributed by atoms with van der Waals surface area (Å²) in [6.45, 7) is 2.69. The second-order valence-electron chi connectivity index (χ2n) is 15.2. The lowest BCUT2D eigenvalue weighted by molar-refractivity contribution is -0.161. The summed E-state index contributed by atoms with van der Waals surface area (Å²) in [5.41, 5.74) is 5.33. The standard InChI is InChI=1S/C45H82NO10P/c1-3-5-7-9-11-13-15-17-19-20-21-23-24-26-28-30-32-34-36-43(47)53-38-41(39-54-57(51,52)55-40-42(46)45(49)50)56-44(48)37-35-33-31-29-27-25-22-18-16-14-12-10-8-6-4-2/h6,8,12,14,18,22,41-42H,3-5,7,9-11,13,15-17,19-21,23-40,46H2,1-2H3,(H,49,50)(H,51,52)/b8-6+,14-12+,22-18+/t41-,42+/m1/s1. The van der Waals surface area contributed by atoms with Crippen LogP contribution in [0.15, 0.2) is 36.5 Å². The molecule has 0 fully saturated rings. The molecule has 0 bridgehead atoms. The highest BCUT2D eigenvalue weighted by Crippen LogP contribution is 2.43. The van der Waals surface area contributed by atoms with Gasteiger partial charge in [0.15, 0.2) is 6.10 Å². The summed E-state index contributed by atoms with van der Waals surface area (Å²) in [5.74, 6) is -2.39. The van der Waals surface area contributed by atoms with Crippen LogP contribution in [0.3, 0.4) is 0 Å². The molecule has 0 aromatic heterocycles. The average molecular weight is 828 g/mol. The minimum atomic E-state index is -4.72. The number of rotatable bonds is 42. The minimum Gasteiger partial charge on any atom is -0.480 e. The van der Waals surface area contributed by atoms with E-state index < -0.39 is 51.1 Å². The minimum absolute atomic E-state index is 0.143. The van der Waals surface area contributed by atoms with Gasteiger partial charge in [0.05, 0.1) is 13.2 Å². The van der Waals surface area contributed by atoms with Gasteiger partial charge in [-0.05, 0) is 44.9 Å². The molecule has 0 radical (unpaired) electrons. The first-order chi connectivity index (χ1) is 27.6. The van der Waals surface area contributed by atoms with Crippen molar-refractivity contribution in [1.82, 2.24) is 0 Å². The van der Waals surface area contributed by atoms with E-state index in [0.29, 0.717) is 12.8 Å². The Kier molecular flexibility index (Phi) is 38.8. The van der Waals surface area contributed by atoms with Crippen LogP contribution in [0, 0.1) is 0 Å². The van der Waals surface area contributed by atoms with Crippen LogP contribution in [-0.4, -0.2) is 59.9 Å². The molecule has 0 aliphatic heterocycles. The predicted molar refractivity (Wildman–Crippen MR) is 231 cm³/mol. The molecule has 332 valence electrons. The van der Waals surface area contributed by atoms with Crippen LogP contribution >= 0.6 is 7.82 Å². The third-order valence-corrected chi connectivity index (χ3v) is 10.6. The molecule has 0 aromatic rings. The largest absolute Gasteiger partial charge is 0.480 e. The van der Waals surface area contributed by atoms with E-state index in [9.17, 15) is 23.8 Å². The van der Waals surface area contributed by atoms with Gasteiger partial charge in [-0.25, -0.2) is 4.57 Å².